The van der Waals surface area contributed by atoms with Crippen molar-refractivity contribution >= 4 is 17.1 Å². The van der Waals surface area contributed by atoms with Crippen molar-refractivity contribution in [3.05, 3.63) is 113 Å². The molecular weight excluding hydrogens is 518 g/mol. The summed E-state index contributed by atoms with van der Waals surface area (Å²) in [7, 11) is 0. The zero-order chi connectivity index (χ0) is 29.1. The van der Waals surface area contributed by atoms with Crippen LogP contribution in [-0.2, 0) is 16.2 Å². The second-order valence-electron chi connectivity index (χ2n) is 16.1. The predicted molar refractivity (Wildman–Crippen MR) is 180 cm³/mol. The zero-order valence-electron chi connectivity index (χ0n) is 26.4. The van der Waals surface area contributed by atoms with E-state index in [4.69, 9.17) is 0 Å². The van der Waals surface area contributed by atoms with Gasteiger partial charge < -0.3 is 4.90 Å². The van der Waals surface area contributed by atoms with Gasteiger partial charge in [-0.25, -0.2) is 0 Å². The van der Waals surface area contributed by atoms with E-state index >= 15 is 0 Å². The first kappa shape index (κ1) is 26.1. The smallest absolute Gasteiger partial charge is 0.0465 e. The molecule has 0 radical (unpaired) electrons. The first-order valence-corrected chi connectivity index (χ1v) is 17.0. The van der Waals surface area contributed by atoms with Gasteiger partial charge in [0, 0.05) is 22.5 Å². The minimum Gasteiger partial charge on any atom is -0.310 e. The van der Waals surface area contributed by atoms with Gasteiger partial charge in [-0.3, -0.25) is 0 Å². The van der Waals surface area contributed by atoms with Crippen LogP contribution in [0.2, 0.25) is 0 Å². The fraction of sp³-hybridized carbons (Fsp3) is 0.429. The maximum Gasteiger partial charge on any atom is 0.0465 e. The van der Waals surface area contributed by atoms with Crippen molar-refractivity contribution in [2.45, 2.75) is 88.9 Å². The highest BCUT2D eigenvalue weighted by Crippen LogP contribution is 2.69. The van der Waals surface area contributed by atoms with Crippen LogP contribution in [0.4, 0.5) is 17.1 Å². The van der Waals surface area contributed by atoms with E-state index in [2.05, 4.69) is 124 Å². The highest BCUT2D eigenvalue weighted by atomic mass is 15.1. The number of fused-ring (bicyclic) bond motifs is 4. The number of hydrogen-bond donors (Lipinski definition) is 0. The Morgan fingerprint density at radius 1 is 0.488 bits per heavy atom. The zero-order valence-corrected chi connectivity index (χ0v) is 26.4. The Bertz CT molecular complexity index is 1710. The number of para-hydroxylation sites is 1. The Kier molecular flexibility index (Phi) is 5.39. The second kappa shape index (κ2) is 8.87. The predicted octanol–water partition coefficient (Wildman–Crippen LogP) is 11.2. The largest absolute Gasteiger partial charge is 0.310 e. The van der Waals surface area contributed by atoms with Crippen molar-refractivity contribution in [1.29, 1.82) is 0 Å². The van der Waals surface area contributed by atoms with E-state index < -0.39 is 0 Å². The average Bonchev–Trinajstić information content (AvgIpc) is 3.29. The summed E-state index contributed by atoms with van der Waals surface area (Å²) in [5.74, 6) is 3.46. The molecule has 0 aliphatic heterocycles. The molecular formula is C42H45N. The molecule has 4 bridgehead atoms. The molecule has 0 atom stereocenters. The summed E-state index contributed by atoms with van der Waals surface area (Å²) in [6.45, 7) is 9.75. The molecule has 4 saturated carbocycles. The summed E-state index contributed by atoms with van der Waals surface area (Å²) < 4.78 is 0. The molecule has 0 heterocycles. The van der Waals surface area contributed by atoms with E-state index in [0.717, 1.165) is 23.7 Å². The summed E-state index contributed by atoms with van der Waals surface area (Å²) in [6, 6.07) is 35.5. The molecule has 0 N–H and O–H groups in total. The Hall–Kier alpha value is -3.32. The van der Waals surface area contributed by atoms with Crippen LogP contribution in [0.25, 0.3) is 11.1 Å². The van der Waals surface area contributed by atoms with Gasteiger partial charge in [-0.15, -0.1) is 0 Å². The molecule has 0 aromatic heterocycles. The van der Waals surface area contributed by atoms with Crippen molar-refractivity contribution in [2.24, 2.45) is 23.7 Å². The van der Waals surface area contributed by atoms with E-state index in [-0.39, 0.29) is 16.2 Å². The summed E-state index contributed by atoms with van der Waals surface area (Å²) in [4.78, 5) is 2.55. The lowest BCUT2D eigenvalue weighted by Crippen LogP contribution is -2.55. The van der Waals surface area contributed by atoms with Gasteiger partial charge in [-0.2, -0.15) is 0 Å². The van der Waals surface area contributed by atoms with Crippen LogP contribution in [0.3, 0.4) is 0 Å². The molecule has 0 saturated heterocycles. The van der Waals surface area contributed by atoms with Crippen molar-refractivity contribution in [2.75, 3.05) is 4.90 Å². The standard InChI is InChI=1S/C42H45N/c1-40(2)18-19-41(3,4)39-26-33(15-17-37(39)40)43(31-10-6-5-7-11-31)32-14-16-35-34-12-8-9-13-36(34)42(38(35)25-32)29-21-27-20-28(23-29)24-30(42)22-27/h5-17,25-30H,18-24H2,1-4H3. The van der Waals surface area contributed by atoms with Gasteiger partial charge in [-0.05, 0) is 149 Å². The van der Waals surface area contributed by atoms with Gasteiger partial charge in [0.15, 0.2) is 0 Å². The highest BCUT2D eigenvalue weighted by Gasteiger charge is 2.61. The molecule has 218 valence electrons. The van der Waals surface area contributed by atoms with E-state index in [1.807, 2.05) is 0 Å². The fourth-order valence-electron chi connectivity index (χ4n) is 11.0. The molecule has 0 unspecified atom stereocenters. The quantitative estimate of drug-likeness (QED) is 0.240. The van der Waals surface area contributed by atoms with Crippen molar-refractivity contribution in [3.8, 4) is 11.1 Å². The average molecular weight is 564 g/mol. The fourth-order valence-corrected chi connectivity index (χ4v) is 11.0. The monoisotopic (exact) mass is 563 g/mol. The van der Waals surface area contributed by atoms with Gasteiger partial charge in [0.05, 0.1) is 0 Å². The molecule has 43 heavy (non-hydrogen) atoms. The molecule has 6 aliphatic carbocycles. The lowest BCUT2D eigenvalue weighted by atomic mass is 9.43. The molecule has 0 amide bonds. The minimum absolute atomic E-state index is 0.174. The van der Waals surface area contributed by atoms with Crippen molar-refractivity contribution in [1.82, 2.24) is 0 Å². The maximum atomic E-state index is 2.64. The summed E-state index contributed by atoms with van der Waals surface area (Å²) >= 11 is 0. The van der Waals surface area contributed by atoms with E-state index in [1.54, 1.807) is 11.1 Å². The van der Waals surface area contributed by atoms with Gasteiger partial charge >= 0.3 is 0 Å². The molecule has 4 aromatic carbocycles. The van der Waals surface area contributed by atoms with Crippen molar-refractivity contribution < 1.29 is 0 Å². The van der Waals surface area contributed by atoms with Crippen LogP contribution >= 0.6 is 0 Å². The van der Waals surface area contributed by atoms with Crippen LogP contribution in [0.1, 0.15) is 94.9 Å². The van der Waals surface area contributed by atoms with Crippen LogP contribution in [-0.4, -0.2) is 0 Å². The lowest BCUT2D eigenvalue weighted by molar-refractivity contribution is -0.0399. The van der Waals surface area contributed by atoms with Gasteiger partial charge in [0.1, 0.15) is 0 Å². The topological polar surface area (TPSA) is 3.24 Å². The third-order valence-corrected chi connectivity index (χ3v) is 12.9. The van der Waals surface area contributed by atoms with Crippen LogP contribution < -0.4 is 4.90 Å². The molecule has 1 nitrogen and oxygen atoms in total. The van der Waals surface area contributed by atoms with E-state index in [1.165, 1.54) is 84.3 Å². The summed E-state index contributed by atoms with van der Waals surface area (Å²) in [5.41, 5.74) is 13.7. The summed E-state index contributed by atoms with van der Waals surface area (Å²) in [5, 5.41) is 0. The van der Waals surface area contributed by atoms with Gasteiger partial charge in [0.25, 0.3) is 0 Å². The summed E-state index contributed by atoms with van der Waals surface area (Å²) in [6.07, 6.45) is 9.64. The third-order valence-electron chi connectivity index (χ3n) is 12.9. The molecule has 10 rings (SSSR count). The van der Waals surface area contributed by atoms with Crippen LogP contribution in [0, 0.1) is 23.7 Å². The third kappa shape index (κ3) is 3.57. The number of anilines is 3. The second-order valence-corrected chi connectivity index (χ2v) is 16.1. The number of hydrogen-bond acceptors (Lipinski definition) is 1. The SMILES string of the molecule is CC1(C)CCC(C)(C)c2cc(N(c3ccccc3)c3ccc4c(c3)C3(c5ccccc5-4)C4CC5CC(C4)CC3C5)ccc21. The van der Waals surface area contributed by atoms with E-state index in [0.29, 0.717) is 0 Å². The maximum absolute atomic E-state index is 2.64. The number of nitrogens with zero attached hydrogens (tertiary/aromatic N) is 1. The van der Waals surface area contributed by atoms with E-state index in [9.17, 15) is 0 Å². The molecule has 4 aromatic rings. The molecule has 1 spiro atoms. The number of benzene rings is 4. The first-order valence-electron chi connectivity index (χ1n) is 17.0. The first-order chi connectivity index (χ1) is 20.8. The Morgan fingerprint density at radius 2 is 1.05 bits per heavy atom. The van der Waals surface area contributed by atoms with Gasteiger partial charge in [0.2, 0.25) is 0 Å². The Labute approximate surface area is 258 Å². The van der Waals surface area contributed by atoms with Crippen molar-refractivity contribution in [3.63, 3.8) is 0 Å². The molecule has 1 heteroatoms. The van der Waals surface area contributed by atoms with Gasteiger partial charge in [-0.1, -0.05) is 82.3 Å². The van der Waals surface area contributed by atoms with Crippen LogP contribution in [0.15, 0.2) is 91.0 Å². The Balaban J connectivity index is 1.25. The molecule has 6 aliphatic rings. The van der Waals surface area contributed by atoms with Crippen LogP contribution in [0.5, 0.6) is 0 Å². The minimum atomic E-state index is 0.174. The normalized spacial score (nSPS) is 30.1. The highest BCUT2D eigenvalue weighted by molar-refractivity contribution is 5.86. The lowest BCUT2D eigenvalue weighted by Gasteiger charge is -2.61. The molecule has 4 fully saturated rings. The number of rotatable bonds is 3. The Morgan fingerprint density at radius 3 is 1.74 bits per heavy atom.